The summed E-state index contributed by atoms with van der Waals surface area (Å²) in [5.41, 5.74) is 1.26. The Morgan fingerprint density at radius 3 is 2.23 bits per heavy atom. The molecule has 0 aliphatic rings. The van der Waals surface area contributed by atoms with E-state index in [9.17, 15) is 18.5 Å². The molecule has 0 saturated heterocycles. The second kappa shape index (κ2) is 6.15. The van der Waals surface area contributed by atoms with E-state index in [-0.39, 0.29) is 16.6 Å². The van der Waals surface area contributed by atoms with Crippen LogP contribution in [0.2, 0.25) is 0 Å². The van der Waals surface area contributed by atoms with Crippen molar-refractivity contribution in [2.75, 3.05) is 11.6 Å². The summed E-state index contributed by atoms with van der Waals surface area (Å²) in [4.78, 5) is 10.8. The minimum absolute atomic E-state index is 0.00195. The van der Waals surface area contributed by atoms with Gasteiger partial charge in [-0.15, -0.1) is 0 Å². The van der Waals surface area contributed by atoms with Crippen molar-refractivity contribution in [2.24, 2.45) is 0 Å². The number of hydrogen-bond donors (Lipinski definition) is 1. The maximum atomic E-state index is 11.4. The maximum absolute atomic E-state index is 11.4. The number of sulfone groups is 1. The minimum Gasteiger partial charge on any atom is -0.373 e. The summed E-state index contributed by atoms with van der Waals surface area (Å²) in [6, 6.07) is 12.6. The Hall–Kier alpha value is -2.41. The number of anilines is 1. The summed E-state index contributed by atoms with van der Waals surface area (Å²) in [6.45, 7) is 1.85. The predicted octanol–water partition coefficient (Wildman–Crippen LogP) is 3.17. The van der Waals surface area contributed by atoms with Crippen molar-refractivity contribution in [1.82, 2.24) is 0 Å². The first kappa shape index (κ1) is 16.0. The highest BCUT2D eigenvalue weighted by molar-refractivity contribution is 7.90. The van der Waals surface area contributed by atoms with E-state index in [1.54, 1.807) is 30.3 Å². The van der Waals surface area contributed by atoms with Crippen LogP contribution in [0.5, 0.6) is 0 Å². The lowest BCUT2D eigenvalue weighted by Gasteiger charge is -2.16. The van der Waals surface area contributed by atoms with Gasteiger partial charge in [0.05, 0.1) is 9.82 Å². The first-order valence-electron chi connectivity index (χ1n) is 6.59. The predicted molar refractivity (Wildman–Crippen MR) is 84.7 cm³/mol. The lowest BCUT2D eigenvalue weighted by Crippen LogP contribution is -2.08. The molecule has 0 radical (unpaired) electrons. The van der Waals surface area contributed by atoms with Crippen molar-refractivity contribution in [3.63, 3.8) is 0 Å². The molecule has 0 heterocycles. The molecule has 2 rings (SSSR count). The molecule has 1 unspecified atom stereocenters. The van der Waals surface area contributed by atoms with Crippen LogP contribution in [0.25, 0.3) is 0 Å². The summed E-state index contributed by atoms with van der Waals surface area (Å²) < 4.78 is 22.9. The van der Waals surface area contributed by atoms with E-state index < -0.39 is 14.8 Å². The summed E-state index contributed by atoms with van der Waals surface area (Å²) in [7, 11) is -3.23. The van der Waals surface area contributed by atoms with Gasteiger partial charge in [0.15, 0.2) is 9.84 Å². The molecule has 6 nitrogen and oxygen atoms in total. The van der Waals surface area contributed by atoms with E-state index in [1.165, 1.54) is 18.2 Å². The number of hydrogen-bond acceptors (Lipinski definition) is 5. The number of nitrogens with one attached hydrogen (secondary N) is 1. The summed E-state index contributed by atoms with van der Waals surface area (Å²) >= 11 is 0. The van der Waals surface area contributed by atoms with Crippen LogP contribution in [0.4, 0.5) is 11.4 Å². The molecule has 22 heavy (non-hydrogen) atoms. The van der Waals surface area contributed by atoms with Crippen molar-refractivity contribution >= 4 is 21.2 Å². The number of para-hydroxylation sites is 2. The zero-order valence-electron chi connectivity index (χ0n) is 12.2. The van der Waals surface area contributed by atoms with Gasteiger partial charge in [0.2, 0.25) is 0 Å². The third kappa shape index (κ3) is 3.62. The fourth-order valence-electron chi connectivity index (χ4n) is 2.08. The molecule has 2 aromatic rings. The van der Waals surface area contributed by atoms with E-state index in [0.717, 1.165) is 11.8 Å². The van der Waals surface area contributed by atoms with Crippen LogP contribution >= 0.6 is 0 Å². The van der Waals surface area contributed by atoms with Gasteiger partial charge < -0.3 is 5.32 Å². The van der Waals surface area contributed by atoms with Crippen LogP contribution < -0.4 is 5.32 Å². The number of nitro groups is 1. The lowest BCUT2D eigenvalue weighted by molar-refractivity contribution is -0.384. The van der Waals surface area contributed by atoms with Crippen LogP contribution in [-0.2, 0) is 9.84 Å². The molecule has 2 aromatic carbocycles. The van der Waals surface area contributed by atoms with Gasteiger partial charge in [-0.05, 0) is 30.7 Å². The second-order valence-electron chi connectivity index (χ2n) is 4.98. The smallest absolute Gasteiger partial charge is 0.292 e. The van der Waals surface area contributed by atoms with Crippen molar-refractivity contribution in [3.05, 3.63) is 64.2 Å². The summed E-state index contributed by atoms with van der Waals surface area (Å²) in [5, 5.41) is 14.1. The third-order valence-corrected chi connectivity index (χ3v) is 4.41. The van der Waals surface area contributed by atoms with Gasteiger partial charge in [-0.2, -0.15) is 0 Å². The van der Waals surface area contributed by atoms with E-state index in [4.69, 9.17) is 0 Å². The molecule has 116 valence electrons. The fourth-order valence-corrected chi connectivity index (χ4v) is 2.71. The highest BCUT2D eigenvalue weighted by Gasteiger charge is 2.15. The Labute approximate surface area is 128 Å². The molecule has 1 atom stereocenters. The topological polar surface area (TPSA) is 89.3 Å². The molecular formula is C15H16N2O4S. The molecule has 1 N–H and O–H groups in total. The molecule has 0 aliphatic carbocycles. The van der Waals surface area contributed by atoms with E-state index in [2.05, 4.69) is 5.32 Å². The Morgan fingerprint density at radius 1 is 1.09 bits per heavy atom. The van der Waals surface area contributed by atoms with E-state index >= 15 is 0 Å². The molecule has 0 spiro atoms. The fraction of sp³-hybridized carbons (Fsp3) is 0.200. The van der Waals surface area contributed by atoms with Crippen LogP contribution in [-0.4, -0.2) is 19.6 Å². The standard InChI is InChI=1S/C15H16N2O4S/c1-11(12-7-9-13(10-8-12)22(2,20)21)16-14-5-3-4-6-15(14)17(18)19/h3-11,16H,1-2H3. The number of nitro benzene ring substituents is 1. The molecule has 0 bridgehead atoms. The van der Waals surface area contributed by atoms with Crippen molar-refractivity contribution in [1.29, 1.82) is 0 Å². The zero-order valence-corrected chi connectivity index (χ0v) is 13.0. The molecular weight excluding hydrogens is 304 g/mol. The average molecular weight is 320 g/mol. The quantitative estimate of drug-likeness (QED) is 0.675. The van der Waals surface area contributed by atoms with Crippen LogP contribution in [0.15, 0.2) is 53.4 Å². The van der Waals surface area contributed by atoms with Crippen LogP contribution in [0, 0.1) is 10.1 Å². The summed E-state index contributed by atoms with van der Waals surface area (Å²) in [6.07, 6.45) is 1.15. The lowest BCUT2D eigenvalue weighted by atomic mass is 10.1. The monoisotopic (exact) mass is 320 g/mol. The zero-order chi connectivity index (χ0) is 16.3. The molecule has 0 amide bonds. The molecule has 0 aromatic heterocycles. The molecule has 0 fully saturated rings. The van der Waals surface area contributed by atoms with Gasteiger partial charge in [0, 0.05) is 18.4 Å². The van der Waals surface area contributed by atoms with Crippen molar-refractivity contribution in [3.8, 4) is 0 Å². The van der Waals surface area contributed by atoms with E-state index in [0.29, 0.717) is 5.69 Å². The number of rotatable bonds is 5. The first-order valence-corrected chi connectivity index (χ1v) is 8.48. The average Bonchev–Trinajstić information content (AvgIpc) is 2.46. The van der Waals surface area contributed by atoms with E-state index in [1.807, 2.05) is 6.92 Å². The largest absolute Gasteiger partial charge is 0.373 e. The SMILES string of the molecule is CC(Nc1ccccc1[N+](=O)[O-])c1ccc(S(C)(=O)=O)cc1. The van der Waals surface area contributed by atoms with Gasteiger partial charge in [-0.25, -0.2) is 8.42 Å². The number of nitrogens with zero attached hydrogens (tertiary/aromatic N) is 1. The van der Waals surface area contributed by atoms with Gasteiger partial charge >= 0.3 is 0 Å². The Bertz CT molecular complexity index is 785. The Balaban J connectivity index is 2.23. The minimum atomic E-state index is -3.23. The van der Waals surface area contributed by atoms with Crippen LogP contribution in [0.1, 0.15) is 18.5 Å². The molecule has 0 saturated carbocycles. The van der Waals surface area contributed by atoms with Crippen LogP contribution in [0.3, 0.4) is 0 Å². The van der Waals surface area contributed by atoms with Gasteiger partial charge in [0.25, 0.3) is 5.69 Å². The van der Waals surface area contributed by atoms with Gasteiger partial charge in [-0.3, -0.25) is 10.1 Å². The van der Waals surface area contributed by atoms with Crippen molar-refractivity contribution in [2.45, 2.75) is 17.9 Å². The second-order valence-corrected chi connectivity index (χ2v) is 7.00. The number of benzene rings is 2. The Morgan fingerprint density at radius 2 is 1.68 bits per heavy atom. The van der Waals surface area contributed by atoms with Crippen molar-refractivity contribution < 1.29 is 13.3 Å². The highest BCUT2D eigenvalue weighted by atomic mass is 32.2. The normalized spacial score (nSPS) is 12.6. The highest BCUT2D eigenvalue weighted by Crippen LogP contribution is 2.28. The van der Waals surface area contributed by atoms with Gasteiger partial charge in [0.1, 0.15) is 5.69 Å². The first-order chi connectivity index (χ1) is 10.3. The Kier molecular flexibility index (Phi) is 4.46. The maximum Gasteiger partial charge on any atom is 0.292 e. The molecule has 7 heteroatoms. The van der Waals surface area contributed by atoms with Gasteiger partial charge in [-0.1, -0.05) is 24.3 Å². The molecule has 0 aliphatic heterocycles. The summed E-state index contributed by atoms with van der Waals surface area (Å²) in [5.74, 6) is 0. The third-order valence-electron chi connectivity index (χ3n) is 3.28.